The summed E-state index contributed by atoms with van der Waals surface area (Å²) in [7, 11) is 0. The van der Waals surface area contributed by atoms with E-state index in [1.165, 1.54) is 62.5 Å². The largest absolute Gasteiger partial charge is 0.255 e. The smallest absolute Gasteiger partial charge is 0.160 e. The van der Waals surface area contributed by atoms with Gasteiger partial charge in [-0.15, -0.1) is 0 Å². The number of benzene rings is 1. The summed E-state index contributed by atoms with van der Waals surface area (Å²) in [5.74, 6) is 0.745. The second-order valence-electron chi connectivity index (χ2n) is 8.17. The lowest BCUT2D eigenvalue weighted by Gasteiger charge is -2.06. The Labute approximate surface area is 182 Å². The summed E-state index contributed by atoms with van der Waals surface area (Å²) in [5.41, 5.74) is 5.73. The first-order chi connectivity index (χ1) is 14.8. The molecule has 2 aromatic heterocycles. The lowest BCUT2D eigenvalue weighted by molar-refractivity contribution is 0.631. The van der Waals surface area contributed by atoms with Crippen molar-refractivity contribution < 1.29 is 0 Å². The minimum Gasteiger partial charge on any atom is -0.255 e. The molecule has 0 amide bonds. The van der Waals surface area contributed by atoms with Crippen LogP contribution < -0.4 is 0 Å². The summed E-state index contributed by atoms with van der Waals surface area (Å²) < 4.78 is 0. The van der Waals surface area contributed by atoms with Gasteiger partial charge in [-0.05, 0) is 48.9 Å². The molecule has 3 heteroatoms. The Kier molecular flexibility index (Phi) is 9.02. The minimum atomic E-state index is 0.745. The van der Waals surface area contributed by atoms with E-state index in [0.29, 0.717) is 0 Å². The maximum atomic E-state index is 4.65. The van der Waals surface area contributed by atoms with Crippen LogP contribution in [0.4, 0.5) is 0 Å². The third kappa shape index (κ3) is 6.76. The second kappa shape index (κ2) is 12.2. The van der Waals surface area contributed by atoms with Gasteiger partial charge in [0.05, 0.1) is 5.69 Å². The highest BCUT2D eigenvalue weighted by molar-refractivity contribution is 5.63. The quantitative estimate of drug-likeness (QED) is 0.296. The predicted octanol–water partition coefficient (Wildman–Crippen LogP) is 7.45. The molecule has 0 spiro atoms. The van der Waals surface area contributed by atoms with Gasteiger partial charge in [0.25, 0.3) is 0 Å². The van der Waals surface area contributed by atoms with E-state index in [0.717, 1.165) is 35.5 Å². The summed E-state index contributed by atoms with van der Waals surface area (Å²) in [6.45, 7) is 4.49. The van der Waals surface area contributed by atoms with E-state index in [2.05, 4.69) is 65.2 Å². The van der Waals surface area contributed by atoms with Crippen molar-refractivity contribution >= 4 is 0 Å². The molecule has 0 saturated carbocycles. The molecular weight excluding hydrogens is 366 g/mol. The van der Waals surface area contributed by atoms with Crippen molar-refractivity contribution in [1.29, 1.82) is 0 Å². The van der Waals surface area contributed by atoms with Crippen LogP contribution in [-0.4, -0.2) is 15.0 Å². The van der Waals surface area contributed by atoms with Crippen LogP contribution in [0.3, 0.4) is 0 Å². The monoisotopic (exact) mass is 401 g/mol. The van der Waals surface area contributed by atoms with Gasteiger partial charge in [0.2, 0.25) is 0 Å². The number of rotatable bonds is 12. The van der Waals surface area contributed by atoms with Crippen LogP contribution in [0.15, 0.2) is 55.0 Å². The highest BCUT2D eigenvalue weighted by Crippen LogP contribution is 2.21. The molecular formula is C27H35N3. The molecule has 0 radical (unpaired) electrons. The van der Waals surface area contributed by atoms with Crippen molar-refractivity contribution in [3.63, 3.8) is 0 Å². The number of pyridine rings is 1. The molecule has 30 heavy (non-hydrogen) atoms. The van der Waals surface area contributed by atoms with Gasteiger partial charge in [0, 0.05) is 29.7 Å². The first-order valence-electron chi connectivity index (χ1n) is 11.7. The van der Waals surface area contributed by atoms with E-state index in [-0.39, 0.29) is 0 Å². The zero-order valence-corrected chi connectivity index (χ0v) is 18.6. The fraction of sp³-hybridized carbons (Fsp3) is 0.444. The molecule has 0 aliphatic heterocycles. The minimum absolute atomic E-state index is 0.745. The van der Waals surface area contributed by atoms with Gasteiger partial charge in [-0.2, -0.15) is 0 Å². The van der Waals surface area contributed by atoms with Gasteiger partial charge in [-0.3, -0.25) is 4.98 Å². The van der Waals surface area contributed by atoms with Crippen molar-refractivity contribution in [1.82, 2.24) is 15.0 Å². The van der Waals surface area contributed by atoms with Gasteiger partial charge in [0.15, 0.2) is 5.82 Å². The summed E-state index contributed by atoms with van der Waals surface area (Å²) >= 11 is 0. The number of hydrogen-bond donors (Lipinski definition) is 0. The molecule has 0 atom stereocenters. The number of aryl methyl sites for hydroxylation is 2. The number of hydrogen-bond acceptors (Lipinski definition) is 3. The maximum absolute atomic E-state index is 4.65. The molecule has 0 aliphatic rings. The zero-order chi connectivity index (χ0) is 21.0. The Morgan fingerprint density at radius 2 is 1.13 bits per heavy atom. The highest BCUT2D eigenvalue weighted by Gasteiger charge is 2.05. The third-order valence-corrected chi connectivity index (χ3v) is 5.61. The fourth-order valence-corrected chi connectivity index (χ4v) is 3.68. The summed E-state index contributed by atoms with van der Waals surface area (Å²) in [6, 6.07) is 12.9. The zero-order valence-electron chi connectivity index (χ0n) is 18.6. The van der Waals surface area contributed by atoms with Crippen molar-refractivity contribution in [2.24, 2.45) is 0 Å². The van der Waals surface area contributed by atoms with Crippen LogP contribution >= 0.6 is 0 Å². The van der Waals surface area contributed by atoms with Gasteiger partial charge in [-0.1, -0.05) is 76.6 Å². The molecule has 3 aromatic rings. The van der Waals surface area contributed by atoms with Crippen LogP contribution in [0.1, 0.15) is 76.3 Å². The average Bonchev–Trinajstić information content (AvgIpc) is 2.80. The summed E-state index contributed by atoms with van der Waals surface area (Å²) in [4.78, 5) is 13.8. The number of nitrogens with zero attached hydrogens (tertiary/aromatic N) is 3. The van der Waals surface area contributed by atoms with Crippen molar-refractivity contribution in [2.75, 3.05) is 0 Å². The molecule has 3 nitrogen and oxygen atoms in total. The molecule has 3 rings (SSSR count). The average molecular weight is 402 g/mol. The van der Waals surface area contributed by atoms with Crippen LogP contribution in [0.2, 0.25) is 0 Å². The molecule has 0 bridgehead atoms. The molecule has 2 heterocycles. The molecule has 0 aliphatic carbocycles. The first kappa shape index (κ1) is 22.1. The van der Waals surface area contributed by atoms with E-state index in [4.69, 9.17) is 0 Å². The lowest BCUT2D eigenvalue weighted by Crippen LogP contribution is -1.94. The van der Waals surface area contributed by atoms with Crippen molar-refractivity contribution in [2.45, 2.75) is 78.1 Å². The van der Waals surface area contributed by atoms with Crippen LogP contribution in [0, 0.1) is 0 Å². The van der Waals surface area contributed by atoms with Gasteiger partial charge >= 0.3 is 0 Å². The Morgan fingerprint density at radius 1 is 0.533 bits per heavy atom. The maximum Gasteiger partial charge on any atom is 0.160 e. The predicted molar refractivity (Wildman–Crippen MR) is 126 cm³/mol. The molecule has 0 unspecified atom stereocenters. The first-order valence-corrected chi connectivity index (χ1v) is 11.7. The number of unbranched alkanes of at least 4 members (excludes halogenated alkanes) is 6. The Balaban J connectivity index is 1.56. The van der Waals surface area contributed by atoms with Crippen LogP contribution in [-0.2, 0) is 12.8 Å². The van der Waals surface area contributed by atoms with E-state index in [1.54, 1.807) is 0 Å². The molecule has 0 saturated heterocycles. The Hall–Kier alpha value is -2.55. The van der Waals surface area contributed by atoms with E-state index < -0.39 is 0 Å². The Bertz CT molecular complexity index is 852. The van der Waals surface area contributed by atoms with Crippen molar-refractivity contribution in [3.05, 3.63) is 66.1 Å². The van der Waals surface area contributed by atoms with E-state index >= 15 is 0 Å². The third-order valence-electron chi connectivity index (χ3n) is 5.61. The SMILES string of the molecule is CCCCCCCc1cnc(-c2ccc(-c3ccc(CCCCC)cc3)nc2)nc1. The van der Waals surface area contributed by atoms with Gasteiger partial charge in [-0.25, -0.2) is 9.97 Å². The van der Waals surface area contributed by atoms with Crippen LogP contribution in [0.25, 0.3) is 22.6 Å². The molecule has 0 fully saturated rings. The standard InChI is InChI=1S/C27H35N3/c1-3-5-7-8-10-12-23-19-29-27(30-20-23)25-17-18-26(28-21-25)24-15-13-22(14-16-24)11-9-6-4-2/h13-21H,3-12H2,1-2H3. The number of aromatic nitrogens is 3. The summed E-state index contributed by atoms with van der Waals surface area (Å²) in [5, 5.41) is 0. The van der Waals surface area contributed by atoms with Gasteiger partial charge < -0.3 is 0 Å². The fourth-order valence-electron chi connectivity index (χ4n) is 3.68. The van der Waals surface area contributed by atoms with Crippen molar-refractivity contribution in [3.8, 4) is 22.6 Å². The normalized spacial score (nSPS) is 11.0. The summed E-state index contributed by atoms with van der Waals surface area (Å²) in [6.07, 6.45) is 18.3. The molecule has 1 aromatic carbocycles. The molecule has 0 N–H and O–H groups in total. The second-order valence-corrected chi connectivity index (χ2v) is 8.17. The highest BCUT2D eigenvalue weighted by atomic mass is 14.9. The topological polar surface area (TPSA) is 38.7 Å². The van der Waals surface area contributed by atoms with E-state index in [9.17, 15) is 0 Å². The molecule has 158 valence electrons. The Morgan fingerprint density at radius 3 is 1.80 bits per heavy atom. The van der Waals surface area contributed by atoms with Gasteiger partial charge in [0.1, 0.15) is 0 Å². The lowest BCUT2D eigenvalue weighted by atomic mass is 10.0. The van der Waals surface area contributed by atoms with E-state index in [1.807, 2.05) is 18.6 Å². The van der Waals surface area contributed by atoms with Crippen LogP contribution in [0.5, 0.6) is 0 Å².